The molecule has 0 aliphatic heterocycles. The Kier molecular flexibility index (Phi) is 5.23. The molecule has 5 nitrogen and oxygen atoms in total. The second-order valence-electron chi connectivity index (χ2n) is 6.22. The van der Waals surface area contributed by atoms with E-state index in [0.29, 0.717) is 5.56 Å². The van der Waals surface area contributed by atoms with Gasteiger partial charge in [-0.15, -0.1) is 12.4 Å². The maximum Gasteiger partial charge on any atom is 0.255 e. The third-order valence-electron chi connectivity index (χ3n) is 4.21. The summed E-state index contributed by atoms with van der Waals surface area (Å²) in [5.41, 5.74) is 5.13. The molecule has 0 aliphatic rings. The number of carbonyl (C=O) groups excluding carboxylic acids is 1. The maximum atomic E-state index is 12.5. The molecule has 6 heteroatoms. The first-order valence-corrected chi connectivity index (χ1v) is 8.40. The number of nitrogens with one attached hydrogen (secondary N) is 1. The molecule has 1 N–H and O–H groups in total. The van der Waals surface area contributed by atoms with Crippen molar-refractivity contribution in [3.05, 3.63) is 83.8 Å². The molecular weight excluding hydrogens is 360 g/mol. The van der Waals surface area contributed by atoms with Crippen LogP contribution in [0.5, 0.6) is 0 Å². The van der Waals surface area contributed by atoms with Crippen LogP contribution in [0, 0.1) is 13.8 Å². The molecular formula is C21H19ClN4O. The molecule has 0 aliphatic carbocycles. The van der Waals surface area contributed by atoms with Crippen molar-refractivity contribution in [2.45, 2.75) is 13.8 Å². The fourth-order valence-corrected chi connectivity index (χ4v) is 3.08. The van der Waals surface area contributed by atoms with Crippen molar-refractivity contribution >= 4 is 34.9 Å². The summed E-state index contributed by atoms with van der Waals surface area (Å²) in [4.78, 5) is 16.9. The number of aromatic nitrogens is 3. The summed E-state index contributed by atoms with van der Waals surface area (Å²) in [5.74, 6) is -0.138. The number of amides is 1. The third-order valence-corrected chi connectivity index (χ3v) is 4.21. The zero-order valence-corrected chi connectivity index (χ0v) is 15.8. The number of pyridine rings is 1. The molecule has 2 aromatic heterocycles. The van der Waals surface area contributed by atoms with Gasteiger partial charge in [0.25, 0.3) is 5.91 Å². The van der Waals surface area contributed by atoms with Crippen molar-refractivity contribution in [1.82, 2.24) is 14.8 Å². The topological polar surface area (TPSA) is 59.8 Å². The molecule has 0 atom stereocenters. The van der Waals surface area contributed by atoms with Crippen LogP contribution in [0.1, 0.15) is 21.7 Å². The van der Waals surface area contributed by atoms with Crippen molar-refractivity contribution in [3.63, 3.8) is 0 Å². The van der Waals surface area contributed by atoms with Crippen molar-refractivity contribution in [2.75, 3.05) is 5.32 Å². The molecule has 4 rings (SSSR count). The number of aryl methyl sites for hydroxylation is 2. The smallest absolute Gasteiger partial charge is 0.255 e. The molecule has 1 amide bonds. The van der Waals surface area contributed by atoms with Gasteiger partial charge in [0.15, 0.2) is 0 Å². The van der Waals surface area contributed by atoms with Crippen LogP contribution < -0.4 is 5.32 Å². The average molecular weight is 379 g/mol. The predicted molar refractivity (Wildman–Crippen MR) is 110 cm³/mol. The Bertz CT molecular complexity index is 1090. The van der Waals surface area contributed by atoms with E-state index in [4.69, 9.17) is 0 Å². The zero-order valence-electron chi connectivity index (χ0n) is 15.0. The molecule has 2 heterocycles. The van der Waals surface area contributed by atoms with Crippen LogP contribution in [0.25, 0.3) is 16.6 Å². The molecule has 0 spiro atoms. The van der Waals surface area contributed by atoms with E-state index in [-0.39, 0.29) is 18.3 Å². The second kappa shape index (κ2) is 7.60. The van der Waals surface area contributed by atoms with Crippen molar-refractivity contribution in [1.29, 1.82) is 0 Å². The molecule has 0 saturated heterocycles. The minimum Gasteiger partial charge on any atom is -0.321 e. The number of hydrogen-bond acceptors (Lipinski definition) is 3. The Labute approximate surface area is 163 Å². The van der Waals surface area contributed by atoms with Gasteiger partial charge in [-0.05, 0) is 50.2 Å². The quantitative estimate of drug-likeness (QED) is 0.561. The lowest BCUT2D eigenvalue weighted by molar-refractivity contribution is 0.102. The molecule has 2 aromatic carbocycles. The van der Waals surface area contributed by atoms with Crippen LogP contribution in [0.3, 0.4) is 0 Å². The number of rotatable bonds is 3. The first kappa shape index (κ1) is 18.6. The summed E-state index contributed by atoms with van der Waals surface area (Å²) in [6.07, 6.45) is 1.78. The second-order valence-corrected chi connectivity index (χ2v) is 6.22. The van der Waals surface area contributed by atoms with E-state index in [1.807, 2.05) is 67.1 Å². The molecule has 0 saturated carbocycles. The van der Waals surface area contributed by atoms with Gasteiger partial charge in [0.2, 0.25) is 0 Å². The number of fused-ring (bicyclic) bond motifs is 1. The van der Waals surface area contributed by atoms with Gasteiger partial charge in [-0.25, -0.2) is 4.68 Å². The van der Waals surface area contributed by atoms with E-state index in [9.17, 15) is 4.79 Å². The van der Waals surface area contributed by atoms with Gasteiger partial charge < -0.3 is 5.32 Å². The highest BCUT2D eigenvalue weighted by Gasteiger charge is 2.12. The number of hydrogen-bond donors (Lipinski definition) is 1. The highest BCUT2D eigenvalue weighted by molar-refractivity contribution is 6.08. The molecule has 0 bridgehead atoms. The van der Waals surface area contributed by atoms with Gasteiger partial charge in [-0.2, -0.15) is 5.10 Å². The summed E-state index contributed by atoms with van der Waals surface area (Å²) < 4.78 is 1.87. The van der Waals surface area contributed by atoms with E-state index in [1.54, 1.807) is 18.3 Å². The van der Waals surface area contributed by atoms with Crippen LogP contribution in [0.15, 0.2) is 66.9 Å². The molecule has 4 aromatic rings. The van der Waals surface area contributed by atoms with Gasteiger partial charge in [0.05, 0.1) is 23.1 Å². The Morgan fingerprint density at radius 2 is 1.67 bits per heavy atom. The largest absolute Gasteiger partial charge is 0.321 e. The number of anilines is 1. The minimum absolute atomic E-state index is 0. The third kappa shape index (κ3) is 3.68. The van der Waals surface area contributed by atoms with Crippen LogP contribution in [0.2, 0.25) is 0 Å². The summed E-state index contributed by atoms with van der Waals surface area (Å²) >= 11 is 0. The van der Waals surface area contributed by atoms with Gasteiger partial charge in [-0.1, -0.05) is 24.3 Å². The summed E-state index contributed by atoms with van der Waals surface area (Å²) in [6.45, 7) is 3.93. The fourth-order valence-electron chi connectivity index (χ4n) is 3.08. The Balaban J connectivity index is 0.00000210. The van der Waals surface area contributed by atoms with Gasteiger partial charge in [0, 0.05) is 22.3 Å². The van der Waals surface area contributed by atoms with E-state index >= 15 is 0 Å². The Morgan fingerprint density at radius 3 is 2.37 bits per heavy atom. The predicted octanol–water partition coefficient (Wildman–Crippen LogP) is 4.71. The molecule has 0 radical (unpaired) electrons. The van der Waals surface area contributed by atoms with Gasteiger partial charge in [-0.3, -0.25) is 9.78 Å². The average Bonchev–Trinajstić information content (AvgIpc) is 3.07. The van der Waals surface area contributed by atoms with Crippen LogP contribution >= 0.6 is 12.4 Å². The first-order valence-electron chi connectivity index (χ1n) is 8.40. The minimum atomic E-state index is -0.138. The fraction of sp³-hybridized carbons (Fsp3) is 0.0952. The summed E-state index contributed by atoms with van der Waals surface area (Å²) in [6, 6.07) is 19.0. The molecule has 0 fully saturated rings. The van der Waals surface area contributed by atoms with Gasteiger partial charge in [0.1, 0.15) is 0 Å². The zero-order chi connectivity index (χ0) is 18.1. The first-order chi connectivity index (χ1) is 12.6. The Hall–Kier alpha value is -3.18. The number of carbonyl (C=O) groups is 1. The van der Waals surface area contributed by atoms with Crippen molar-refractivity contribution < 1.29 is 4.79 Å². The highest BCUT2D eigenvalue weighted by Crippen LogP contribution is 2.26. The van der Waals surface area contributed by atoms with Crippen molar-refractivity contribution in [3.8, 4) is 5.69 Å². The monoisotopic (exact) mass is 378 g/mol. The number of halogens is 1. The summed E-state index contributed by atoms with van der Waals surface area (Å²) in [7, 11) is 0. The number of benzene rings is 2. The van der Waals surface area contributed by atoms with Gasteiger partial charge >= 0.3 is 0 Å². The molecule has 27 heavy (non-hydrogen) atoms. The lowest BCUT2D eigenvalue weighted by Crippen LogP contribution is -2.11. The van der Waals surface area contributed by atoms with Crippen LogP contribution in [-0.2, 0) is 0 Å². The summed E-state index contributed by atoms with van der Waals surface area (Å²) in [5, 5.41) is 8.40. The normalized spacial score (nSPS) is 10.4. The highest BCUT2D eigenvalue weighted by atomic mass is 35.5. The van der Waals surface area contributed by atoms with Crippen LogP contribution in [-0.4, -0.2) is 20.7 Å². The van der Waals surface area contributed by atoms with E-state index in [2.05, 4.69) is 15.4 Å². The lowest BCUT2D eigenvalue weighted by Gasteiger charge is -2.08. The van der Waals surface area contributed by atoms with E-state index in [1.165, 1.54) is 0 Å². The van der Waals surface area contributed by atoms with E-state index in [0.717, 1.165) is 33.7 Å². The van der Waals surface area contributed by atoms with E-state index < -0.39 is 0 Å². The van der Waals surface area contributed by atoms with Crippen molar-refractivity contribution in [2.24, 2.45) is 0 Å². The lowest BCUT2D eigenvalue weighted by atomic mass is 10.2. The molecule has 0 unspecified atom stereocenters. The van der Waals surface area contributed by atoms with Crippen LogP contribution in [0.4, 0.5) is 5.69 Å². The standard InChI is InChI=1S/C21H18N4O.ClH/c1-14-11-17(12-15(2)23-14)25-20-10-6-9-19(18(20)13-22-25)24-21(26)16-7-4-3-5-8-16;/h3-13H,1-2H3,(H,24,26);1H. The maximum absolute atomic E-state index is 12.5. The Morgan fingerprint density at radius 1 is 0.963 bits per heavy atom. The number of nitrogens with zero attached hydrogens (tertiary/aromatic N) is 3. The SMILES string of the molecule is Cc1cc(-n2ncc3c(NC(=O)c4ccccc4)cccc32)cc(C)n1.Cl. The molecule has 136 valence electrons.